The third kappa shape index (κ3) is 6.07. The highest BCUT2D eigenvalue weighted by Gasteiger charge is 2.20. The van der Waals surface area contributed by atoms with E-state index in [-0.39, 0.29) is 18.3 Å². The first-order valence-electron chi connectivity index (χ1n) is 10.5. The number of hydrogen-bond acceptors (Lipinski definition) is 5. The van der Waals surface area contributed by atoms with Crippen molar-refractivity contribution in [1.29, 1.82) is 0 Å². The number of aromatic nitrogens is 2. The Kier molecular flexibility index (Phi) is 8.17. The highest BCUT2D eigenvalue weighted by atomic mass is 79.9. The molecule has 0 fully saturated rings. The van der Waals surface area contributed by atoms with Gasteiger partial charge in [0, 0.05) is 21.7 Å². The van der Waals surface area contributed by atoms with E-state index in [2.05, 4.69) is 31.7 Å². The second kappa shape index (κ2) is 11.3. The number of thiocarbonyl (C=S) groups is 1. The number of hydrogen-bond donors (Lipinski definition) is 2. The van der Waals surface area contributed by atoms with E-state index in [1.54, 1.807) is 36.0 Å². The number of esters is 1. The molecule has 0 aliphatic rings. The first-order valence-corrected chi connectivity index (χ1v) is 12.9. The highest BCUT2D eigenvalue weighted by Crippen LogP contribution is 2.36. The van der Waals surface area contributed by atoms with Crippen LogP contribution in [0.1, 0.15) is 22.8 Å². The first kappa shape index (κ1) is 25.3. The molecule has 0 radical (unpaired) electrons. The normalized spacial score (nSPS) is 10.7. The van der Waals surface area contributed by atoms with Crippen LogP contribution in [-0.4, -0.2) is 27.5 Å². The van der Waals surface area contributed by atoms with E-state index in [0.717, 1.165) is 10.4 Å². The maximum atomic E-state index is 14.2. The van der Waals surface area contributed by atoms with Gasteiger partial charge in [-0.25, -0.2) is 9.18 Å². The maximum absolute atomic E-state index is 14.2. The fourth-order valence-corrected chi connectivity index (χ4v) is 5.20. The van der Waals surface area contributed by atoms with Crippen molar-refractivity contribution in [2.45, 2.75) is 13.5 Å². The summed E-state index contributed by atoms with van der Waals surface area (Å²) < 4.78 is 21.5. The van der Waals surface area contributed by atoms with E-state index in [4.69, 9.17) is 28.6 Å². The van der Waals surface area contributed by atoms with Crippen LogP contribution >= 0.6 is 51.1 Å². The van der Waals surface area contributed by atoms with Gasteiger partial charge in [-0.2, -0.15) is 5.10 Å². The van der Waals surface area contributed by atoms with Gasteiger partial charge >= 0.3 is 5.97 Å². The fraction of sp³-hybridized carbons (Fsp3) is 0.125. The predicted octanol–water partition coefficient (Wildman–Crippen LogP) is 7.20. The molecule has 0 bridgehead atoms. The molecule has 0 saturated carbocycles. The van der Waals surface area contributed by atoms with Gasteiger partial charge in [-0.05, 0) is 58.8 Å². The summed E-state index contributed by atoms with van der Waals surface area (Å²) in [6, 6.07) is 16.0. The number of halogens is 3. The van der Waals surface area contributed by atoms with E-state index >= 15 is 0 Å². The number of ether oxygens (including phenoxy) is 1. The molecule has 11 heteroatoms. The minimum absolute atomic E-state index is 0.143. The van der Waals surface area contributed by atoms with Gasteiger partial charge in [-0.15, -0.1) is 11.3 Å². The zero-order valence-corrected chi connectivity index (χ0v) is 22.3. The number of rotatable bonds is 7. The molecule has 0 spiro atoms. The lowest BCUT2D eigenvalue weighted by Crippen LogP contribution is -2.20. The predicted molar refractivity (Wildman–Crippen MR) is 146 cm³/mol. The van der Waals surface area contributed by atoms with E-state index in [1.807, 2.05) is 30.3 Å². The standard InChI is InChI=1S/C24H19BrClFN4O2S2/c1-2-33-23(32)15-11-20(14-7-4-3-5-8-14)35-22(15)29-24(34)28-21-17(25)13-31(30-21)12-16-18(26)9-6-10-19(16)27/h3-11,13H,2,12H2,1H3,(H2,28,29,30,34). The summed E-state index contributed by atoms with van der Waals surface area (Å²) in [5.74, 6) is -0.426. The topological polar surface area (TPSA) is 68.2 Å². The van der Waals surface area contributed by atoms with Crippen molar-refractivity contribution in [3.05, 3.63) is 87.2 Å². The summed E-state index contributed by atoms with van der Waals surface area (Å²) in [4.78, 5) is 13.4. The number of nitrogens with zero attached hydrogens (tertiary/aromatic N) is 2. The first-order chi connectivity index (χ1) is 16.9. The van der Waals surface area contributed by atoms with Crippen molar-refractivity contribution in [2.75, 3.05) is 17.2 Å². The molecule has 6 nitrogen and oxygen atoms in total. The van der Waals surface area contributed by atoms with Crippen LogP contribution in [0.4, 0.5) is 15.2 Å². The Morgan fingerprint density at radius 2 is 2.00 bits per heavy atom. The van der Waals surface area contributed by atoms with Crippen molar-refractivity contribution in [2.24, 2.45) is 0 Å². The van der Waals surface area contributed by atoms with E-state index < -0.39 is 11.8 Å². The van der Waals surface area contributed by atoms with Crippen LogP contribution < -0.4 is 10.6 Å². The lowest BCUT2D eigenvalue weighted by Gasteiger charge is -2.09. The van der Waals surface area contributed by atoms with Crippen molar-refractivity contribution in [3.8, 4) is 10.4 Å². The van der Waals surface area contributed by atoms with Crippen LogP contribution in [0, 0.1) is 5.82 Å². The summed E-state index contributed by atoms with van der Waals surface area (Å²) in [6.07, 6.45) is 1.69. The van der Waals surface area contributed by atoms with Crippen LogP contribution in [0.3, 0.4) is 0 Å². The van der Waals surface area contributed by atoms with Crippen molar-refractivity contribution >= 4 is 73.0 Å². The summed E-state index contributed by atoms with van der Waals surface area (Å²) in [5, 5.41) is 11.6. The number of carbonyl (C=O) groups is 1. The second-order valence-corrected chi connectivity index (χ2v) is 9.96. The summed E-state index contributed by atoms with van der Waals surface area (Å²) in [6.45, 7) is 2.16. The number of thiophene rings is 1. The number of anilines is 2. The molecule has 0 atom stereocenters. The molecule has 0 saturated heterocycles. The van der Waals surface area contributed by atoms with Gasteiger partial charge < -0.3 is 15.4 Å². The Morgan fingerprint density at radius 3 is 2.71 bits per heavy atom. The minimum atomic E-state index is -0.441. The third-order valence-electron chi connectivity index (χ3n) is 4.84. The van der Waals surface area contributed by atoms with E-state index in [0.29, 0.717) is 31.4 Å². The average Bonchev–Trinajstić information content (AvgIpc) is 3.40. The number of nitrogens with one attached hydrogen (secondary N) is 2. The lowest BCUT2D eigenvalue weighted by molar-refractivity contribution is 0.0528. The SMILES string of the molecule is CCOC(=O)c1cc(-c2ccccc2)sc1NC(=S)Nc1nn(Cc2c(F)cccc2Cl)cc1Br. The van der Waals surface area contributed by atoms with Gasteiger partial charge in [0.2, 0.25) is 0 Å². The lowest BCUT2D eigenvalue weighted by atomic mass is 10.1. The summed E-state index contributed by atoms with van der Waals surface area (Å²) in [7, 11) is 0. The Hall–Kier alpha value is -2.79. The molecule has 35 heavy (non-hydrogen) atoms. The van der Waals surface area contributed by atoms with Gasteiger partial charge in [-0.3, -0.25) is 4.68 Å². The fourth-order valence-electron chi connectivity index (χ4n) is 3.24. The molecular formula is C24H19BrClFN4O2S2. The summed E-state index contributed by atoms with van der Waals surface area (Å²) in [5.41, 5.74) is 1.70. The zero-order chi connectivity index (χ0) is 24.9. The van der Waals surface area contributed by atoms with E-state index in [1.165, 1.54) is 17.4 Å². The van der Waals surface area contributed by atoms with Crippen LogP contribution in [0.25, 0.3) is 10.4 Å². The Labute approximate surface area is 224 Å². The van der Waals surface area contributed by atoms with Crippen LogP contribution in [0.5, 0.6) is 0 Å². The Balaban J connectivity index is 1.52. The van der Waals surface area contributed by atoms with Crippen molar-refractivity contribution in [1.82, 2.24) is 9.78 Å². The minimum Gasteiger partial charge on any atom is -0.462 e. The number of carbonyl (C=O) groups excluding carboxylic acids is 1. The van der Waals surface area contributed by atoms with Gasteiger partial charge in [0.15, 0.2) is 10.9 Å². The molecule has 4 aromatic rings. The van der Waals surface area contributed by atoms with Crippen molar-refractivity contribution < 1.29 is 13.9 Å². The largest absolute Gasteiger partial charge is 0.462 e. The molecular weight excluding hydrogens is 575 g/mol. The number of benzene rings is 2. The zero-order valence-electron chi connectivity index (χ0n) is 18.3. The van der Waals surface area contributed by atoms with Crippen LogP contribution in [0.15, 0.2) is 65.3 Å². The second-order valence-electron chi connectivity index (χ2n) is 7.24. The molecule has 0 aliphatic carbocycles. The van der Waals surface area contributed by atoms with Gasteiger partial charge in [0.1, 0.15) is 10.8 Å². The molecule has 4 rings (SSSR count). The smallest absolute Gasteiger partial charge is 0.341 e. The third-order valence-corrected chi connectivity index (χ3v) is 7.08. The molecule has 0 amide bonds. The Bertz CT molecular complexity index is 1360. The summed E-state index contributed by atoms with van der Waals surface area (Å²) >= 11 is 16.4. The molecule has 2 heterocycles. The molecule has 180 valence electrons. The molecule has 2 aromatic heterocycles. The average molecular weight is 594 g/mol. The van der Waals surface area contributed by atoms with Gasteiger partial charge in [-0.1, -0.05) is 48.0 Å². The van der Waals surface area contributed by atoms with Crippen molar-refractivity contribution in [3.63, 3.8) is 0 Å². The van der Waals surface area contributed by atoms with Crippen LogP contribution in [-0.2, 0) is 11.3 Å². The molecule has 0 aliphatic heterocycles. The van der Waals surface area contributed by atoms with Crippen LogP contribution in [0.2, 0.25) is 5.02 Å². The Morgan fingerprint density at radius 1 is 1.23 bits per heavy atom. The quantitative estimate of drug-likeness (QED) is 0.174. The van der Waals surface area contributed by atoms with Gasteiger partial charge in [0.25, 0.3) is 0 Å². The maximum Gasteiger partial charge on any atom is 0.341 e. The molecule has 2 aromatic carbocycles. The molecule has 2 N–H and O–H groups in total. The monoisotopic (exact) mass is 592 g/mol. The highest BCUT2D eigenvalue weighted by molar-refractivity contribution is 9.10. The van der Waals surface area contributed by atoms with E-state index in [9.17, 15) is 9.18 Å². The van der Waals surface area contributed by atoms with Gasteiger partial charge in [0.05, 0.1) is 23.2 Å². The molecule has 0 unspecified atom stereocenters.